The Morgan fingerprint density at radius 2 is 1.45 bits per heavy atom. The monoisotopic (exact) mass is 436 g/mol. The van der Waals surface area contributed by atoms with Crippen LogP contribution in [0.15, 0.2) is 72.8 Å². The molecule has 0 fully saturated rings. The topological polar surface area (TPSA) is 26.3 Å². The summed E-state index contributed by atoms with van der Waals surface area (Å²) in [5.74, 6) is 0.126. The van der Waals surface area contributed by atoms with Crippen LogP contribution in [0.3, 0.4) is 0 Å². The predicted octanol–water partition coefficient (Wildman–Crippen LogP) is 6.29. The van der Waals surface area contributed by atoms with Crippen LogP contribution in [0.1, 0.15) is 66.2 Å². The lowest BCUT2D eigenvalue weighted by molar-refractivity contribution is -0.111. The summed E-state index contributed by atoms with van der Waals surface area (Å²) in [6.45, 7) is 9.66. The summed E-state index contributed by atoms with van der Waals surface area (Å²) in [5.41, 5.74) is 0. The minimum Gasteiger partial charge on any atom is -0.404 e. The first kappa shape index (κ1) is 25.3. The second-order valence-electron chi connectivity index (χ2n) is 9.43. The zero-order valence-corrected chi connectivity index (χ0v) is 20.8. The van der Waals surface area contributed by atoms with Crippen LogP contribution in [0.4, 0.5) is 0 Å². The van der Waals surface area contributed by atoms with E-state index in [1.54, 1.807) is 0 Å². The van der Waals surface area contributed by atoms with E-state index < -0.39 is 8.32 Å². The van der Waals surface area contributed by atoms with Crippen LogP contribution in [-0.2, 0) is 9.22 Å². The lowest BCUT2D eigenvalue weighted by Crippen LogP contribution is -2.66. The van der Waals surface area contributed by atoms with Crippen molar-refractivity contribution in [3.05, 3.63) is 72.8 Å². The van der Waals surface area contributed by atoms with Gasteiger partial charge in [0.1, 0.15) is 6.29 Å². The van der Waals surface area contributed by atoms with Crippen molar-refractivity contribution >= 4 is 25.0 Å². The van der Waals surface area contributed by atoms with Gasteiger partial charge in [0.15, 0.2) is 0 Å². The maximum absolute atomic E-state index is 11.4. The van der Waals surface area contributed by atoms with Crippen molar-refractivity contribution in [3.63, 3.8) is 0 Å². The van der Waals surface area contributed by atoms with Crippen molar-refractivity contribution in [2.24, 2.45) is 5.92 Å². The van der Waals surface area contributed by atoms with Gasteiger partial charge in [0.25, 0.3) is 8.32 Å². The molecule has 2 rings (SSSR count). The van der Waals surface area contributed by atoms with Crippen molar-refractivity contribution in [1.82, 2.24) is 0 Å². The van der Waals surface area contributed by atoms with E-state index in [1.807, 2.05) is 0 Å². The number of carbonyl (C=O) groups excluding carboxylic acids is 1. The molecule has 0 heterocycles. The van der Waals surface area contributed by atoms with E-state index in [9.17, 15) is 4.79 Å². The first-order chi connectivity index (χ1) is 15.0. The molecule has 0 bridgehead atoms. The molecule has 0 saturated carbocycles. The van der Waals surface area contributed by atoms with E-state index in [-0.39, 0.29) is 11.0 Å². The Morgan fingerprint density at radius 1 is 0.871 bits per heavy atom. The summed E-state index contributed by atoms with van der Waals surface area (Å²) < 4.78 is 6.86. The molecule has 0 spiro atoms. The Bertz CT molecular complexity index is 738. The number of aldehydes is 1. The first-order valence-electron chi connectivity index (χ1n) is 11.8. The molecule has 0 radical (unpaired) electrons. The van der Waals surface area contributed by atoms with Gasteiger partial charge in [0.05, 0.1) is 6.61 Å². The molecule has 0 unspecified atom stereocenters. The molecule has 0 saturated heterocycles. The number of rotatable bonds is 13. The van der Waals surface area contributed by atoms with Gasteiger partial charge >= 0.3 is 0 Å². The third-order valence-electron chi connectivity index (χ3n) is 6.04. The van der Waals surface area contributed by atoms with Crippen LogP contribution >= 0.6 is 0 Å². The number of hydrogen-bond acceptors (Lipinski definition) is 2. The van der Waals surface area contributed by atoms with Crippen molar-refractivity contribution in [2.45, 2.75) is 71.3 Å². The molecule has 0 N–H and O–H groups in total. The second-order valence-corrected chi connectivity index (χ2v) is 13.7. The van der Waals surface area contributed by atoms with Gasteiger partial charge in [0.2, 0.25) is 0 Å². The molecule has 2 nitrogen and oxygen atoms in total. The molecule has 31 heavy (non-hydrogen) atoms. The number of carbonyl (C=O) groups is 1. The Hall–Kier alpha value is -1.97. The lowest BCUT2D eigenvalue weighted by Gasteiger charge is -2.42. The Labute approximate surface area is 190 Å². The normalized spacial score (nSPS) is 13.4. The highest BCUT2D eigenvalue weighted by Gasteiger charge is 2.49. The highest BCUT2D eigenvalue weighted by atomic mass is 28.4. The zero-order chi connectivity index (χ0) is 22.6. The van der Waals surface area contributed by atoms with Gasteiger partial charge < -0.3 is 9.22 Å². The molecule has 168 valence electrons. The molecule has 1 atom stereocenters. The number of allylic oxidation sites excluding steroid dienone is 1. The molecule has 0 aliphatic rings. The number of unbranched alkanes of at least 4 members (excludes halogenated alkanes) is 3. The minimum absolute atomic E-state index is 0.0197. The summed E-state index contributed by atoms with van der Waals surface area (Å²) >= 11 is 0. The summed E-state index contributed by atoms with van der Waals surface area (Å²) in [6.07, 6.45) is 12.0. The fraction of sp³-hybridized carbons (Fsp3) is 0.464. The summed E-state index contributed by atoms with van der Waals surface area (Å²) in [5, 5.41) is 2.57. The standard InChI is InChI=1S/C28H40O2Si/c1-5-6-7-10-17-25(24-29)18-15-16-23-30-31(28(2,3)4,26-19-11-8-12-20-26)27-21-13-9-14-22-27/h8-9,11-16,19-22,24-25H,5-7,10,17-18,23H2,1-4H3/b16-15+/t25-/m0/s1. The zero-order valence-electron chi connectivity index (χ0n) is 19.8. The summed E-state index contributed by atoms with van der Waals surface area (Å²) in [6, 6.07) is 21.4. The smallest absolute Gasteiger partial charge is 0.261 e. The number of benzene rings is 2. The maximum atomic E-state index is 11.4. The van der Waals surface area contributed by atoms with E-state index in [1.165, 1.54) is 29.6 Å². The van der Waals surface area contributed by atoms with Crippen LogP contribution in [0.2, 0.25) is 5.04 Å². The third-order valence-corrected chi connectivity index (χ3v) is 11.0. The van der Waals surface area contributed by atoms with Gasteiger partial charge in [-0.2, -0.15) is 0 Å². The molecule has 0 amide bonds. The molecule has 3 heteroatoms. The van der Waals surface area contributed by atoms with Crippen molar-refractivity contribution < 1.29 is 9.22 Å². The predicted molar refractivity (Wildman–Crippen MR) is 136 cm³/mol. The molecule has 0 aliphatic carbocycles. The van der Waals surface area contributed by atoms with Crippen molar-refractivity contribution in [3.8, 4) is 0 Å². The molecular formula is C28H40O2Si. The van der Waals surface area contributed by atoms with Crippen LogP contribution < -0.4 is 10.4 Å². The first-order valence-corrected chi connectivity index (χ1v) is 13.7. The third kappa shape index (κ3) is 7.01. The van der Waals surface area contributed by atoms with Crippen LogP contribution in [0, 0.1) is 5.92 Å². The highest BCUT2D eigenvalue weighted by Crippen LogP contribution is 2.36. The van der Waals surface area contributed by atoms with Gasteiger partial charge in [-0.15, -0.1) is 0 Å². The van der Waals surface area contributed by atoms with Gasteiger partial charge in [-0.3, -0.25) is 0 Å². The SMILES string of the molecule is CCCCCC[C@H](C=O)C/C=C/CO[Si](c1ccccc1)(c1ccccc1)C(C)(C)C. The van der Waals surface area contributed by atoms with Gasteiger partial charge in [0, 0.05) is 5.92 Å². The fourth-order valence-corrected chi connectivity index (χ4v) is 8.85. The Morgan fingerprint density at radius 3 is 1.94 bits per heavy atom. The minimum atomic E-state index is -2.49. The fourth-order valence-electron chi connectivity index (χ4n) is 4.35. The van der Waals surface area contributed by atoms with Crippen molar-refractivity contribution in [2.75, 3.05) is 6.61 Å². The van der Waals surface area contributed by atoms with Crippen LogP contribution in [0.25, 0.3) is 0 Å². The lowest BCUT2D eigenvalue weighted by atomic mass is 9.99. The molecule has 0 aromatic heterocycles. The average molecular weight is 437 g/mol. The highest BCUT2D eigenvalue weighted by molar-refractivity contribution is 6.99. The van der Waals surface area contributed by atoms with E-state index in [4.69, 9.17) is 4.43 Å². The molecular weight excluding hydrogens is 396 g/mol. The maximum Gasteiger partial charge on any atom is 0.261 e. The Balaban J connectivity index is 2.14. The largest absolute Gasteiger partial charge is 0.404 e. The molecule has 0 aliphatic heterocycles. The molecule has 2 aromatic carbocycles. The quantitative estimate of drug-likeness (QED) is 0.159. The second kappa shape index (κ2) is 12.8. The van der Waals surface area contributed by atoms with Crippen LogP contribution in [-0.4, -0.2) is 21.2 Å². The summed E-state index contributed by atoms with van der Waals surface area (Å²) in [4.78, 5) is 11.4. The average Bonchev–Trinajstić information content (AvgIpc) is 2.78. The van der Waals surface area contributed by atoms with Crippen molar-refractivity contribution in [1.29, 1.82) is 0 Å². The summed E-state index contributed by atoms with van der Waals surface area (Å²) in [7, 11) is -2.49. The Kier molecular flexibility index (Phi) is 10.4. The number of hydrogen-bond donors (Lipinski definition) is 0. The molecule has 2 aromatic rings. The van der Waals surface area contributed by atoms with Crippen LogP contribution in [0.5, 0.6) is 0 Å². The van der Waals surface area contributed by atoms with E-state index in [0.29, 0.717) is 6.61 Å². The van der Waals surface area contributed by atoms with E-state index in [2.05, 4.69) is 101 Å². The van der Waals surface area contributed by atoms with Gasteiger partial charge in [-0.1, -0.05) is 126 Å². The van der Waals surface area contributed by atoms with E-state index >= 15 is 0 Å². The van der Waals surface area contributed by atoms with Gasteiger partial charge in [-0.25, -0.2) is 0 Å². The van der Waals surface area contributed by atoms with E-state index in [0.717, 1.165) is 25.5 Å². The van der Waals surface area contributed by atoms with Gasteiger partial charge in [-0.05, 0) is 28.3 Å².